The fourth-order valence-electron chi connectivity index (χ4n) is 3.24. The van der Waals surface area contributed by atoms with E-state index in [1.807, 2.05) is 36.4 Å². The summed E-state index contributed by atoms with van der Waals surface area (Å²) in [5, 5.41) is 2.91. The maximum Gasteiger partial charge on any atom is 0.322 e. The standard InChI is InChI=1S/C21H24N2O5/c24-20(16-6-7-16)19-12-23(8-10-28-19)21(25)22-17-4-1-3-15(11-17)13-26-14-18-5-2-9-27-18/h1-5,9,11,16,19H,6-8,10,12-14H2,(H,22,25). The molecule has 1 saturated heterocycles. The Morgan fingerprint density at radius 2 is 2.07 bits per heavy atom. The van der Waals surface area contributed by atoms with E-state index in [1.54, 1.807) is 11.2 Å². The molecule has 7 heteroatoms. The number of rotatable bonds is 7. The summed E-state index contributed by atoms with van der Waals surface area (Å²) >= 11 is 0. The number of carbonyl (C=O) groups is 2. The fourth-order valence-corrected chi connectivity index (χ4v) is 3.24. The molecule has 2 heterocycles. The lowest BCUT2D eigenvalue weighted by Crippen LogP contribution is -2.50. The second-order valence-electron chi connectivity index (χ2n) is 7.18. The van der Waals surface area contributed by atoms with Crippen molar-refractivity contribution in [3.63, 3.8) is 0 Å². The second-order valence-corrected chi connectivity index (χ2v) is 7.18. The quantitative estimate of drug-likeness (QED) is 0.793. The van der Waals surface area contributed by atoms with Gasteiger partial charge in [-0.05, 0) is 42.7 Å². The molecule has 28 heavy (non-hydrogen) atoms. The highest BCUT2D eigenvalue weighted by Crippen LogP contribution is 2.32. The van der Waals surface area contributed by atoms with Crippen LogP contribution in [-0.4, -0.2) is 42.5 Å². The smallest absolute Gasteiger partial charge is 0.322 e. The number of ether oxygens (including phenoxy) is 2. The molecule has 4 rings (SSSR count). The summed E-state index contributed by atoms with van der Waals surface area (Å²) in [6.07, 6.45) is 3.01. The van der Waals surface area contributed by atoms with Crippen molar-refractivity contribution in [1.82, 2.24) is 4.90 Å². The highest BCUT2D eigenvalue weighted by atomic mass is 16.5. The minimum Gasteiger partial charge on any atom is -0.467 e. The van der Waals surface area contributed by atoms with E-state index in [1.165, 1.54) is 0 Å². The monoisotopic (exact) mass is 384 g/mol. The Hall–Kier alpha value is -2.64. The van der Waals surface area contributed by atoms with E-state index in [4.69, 9.17) is 13.9 Å². The molecule has 1 aromatic carbocycles. The number of amides is 2. The number of Topliss-reactive ketones (excluding diaryl/α,β-unsaturated/α-hetero) is 1. The number of benzene rings is 1. The van der Waals surface area contributed by atoms with Crippen molar-refractivity contribution < 1.29 is 23.5 Å². The average molecular weight is 384 g/mol. The molecule has 2 fully saturated rings. The first-order valence-electron chi connectivity index (χ1n) is 9.59. The average Bonchev–Trinajstić information content (AvgIpc) is 3.44. The van der Waals surface area contributed by atoms with Gasteiger partial charge >= 0.3 is 6.03 Å². The lowest BCUT2D eigenvalue weighted by molar-refractivity contribution is -0.135. The molecule has 0 bridgehead atoms. The van der Waals surface area contributed by atoms with Crippen LogP contribution in [0, 0.1) is 5.92 Å². The molecule has 2 aliphatic rings. The number of nitrogens with zero attached hydrogens (tertiary/aromatic N) is 1. The summed E-state index contributed by atoms with van der Waals surface area (Å²) in [5.41, 5.74) is 1.65. The second kappa shape index (κ2) is 8.58. The van der Waals surface area contributed by atoms with Crippen molar-refractivity contribution in [3.05, 3.63) is 54.0 Å². The maximum absolute atomic E-state index is 12.6. The van der Waals surface area contributed by atoms with E-state index in [-0.39, 0.29) is 17.7 Å². The van der Waals surface area contributed by atoms with E-state index < -0.39 is 6.10 Å². The van der Waals surface area contributed by atoms with Gasteiger partial charge in [0.25, 0.3) is 0 Å². The summed E-state index contributed by atoms with van der Waals surface area (Å²) in [4.78, 5) is 26.5. The number of furan rings is 1. The van der Waals surface area contributed by atoms with Gasteiger partial charge in [0, 0.05) is 18.2 Å². The Morgan fingerprint density at radius 1 is 1.18 bits per heavy atom. The summed E-state index contributed by atoms with van der Waals surface area (Å²) < 4.78 is 16.4. The van der Waals surface area contributed by atoms with Crippen LogP contribution in [0.3, 0.4) is 0 Å². The molecule has 1 saturated carbocycles. The molecule has 1 atom stereocenters. The van der Waals surface area contributed by atoms with Crippen LogP contribution in [0.25, 0.3) is 0 Å². The van der Waals surface area contributed by atoms with E-state index in [9.17, 15) is 9.59 Å². The molecule has 0 radical (unpaired) electrons. The maximum atomic E-state index is 12.6. The number of morpholine rings is 1. The number of anilines is 1. The molecule has 1 unspecified atom stereocenters. The van der Waals surface area contributed by atoms with Gasteiger partial charge in [-0.25, -0.2) is 4.79 Å². The molecule has 148 valence electrons. The molecule has 1 aromatic heterocycles. The molecule has 0 spiro atoms. The van der Waals surface area contributed by atoms with Crippen molar-refractivity contribution in [2.75, 3.05) is 25.0 Å². The summed E-state index contributed by atoms with van der Waals surface area (Å²) in [6, 6.07) is 11.0. The third-order valence-electron chi connectivity index (χ3n) is 4.92. The van der Waals surface area contributed by atoms with Gasteiger partial charge in [0.2, 0.25) is 0 Å². The minimum atomic E-state index is -0.492. The predicted molar refractivity (Wildman–Crippen MR) is 102 cm³/mol. The zero-order valence-electron chi connectivity index (χ0n) is 15.6. The molecule has 7 nitrogen and oxygen atoms in total. The lowest BCUT2D eigenvalue weighted by Gasteiger charge is -2.32. The van der Waals surface area contributed by atoms with Crippen molar-refractivity contribution in [2.45, 2.75) is 32.2 Å². The van der Waals surface area contributed by atoms with E-state index in [2.05, 4.69) is 5.32 Å². The summed E-state index contributed by atoms with van der Waals surface area (Å²) in [5.74, 6) is 1.03. The van der Waals surface area contributed by atoms with Gasteiger partial charge in [-0.3, -0.25) is 4.79 Å². The van der Waals surface area contributed by atoms with Crippen LogP contribution < -0.4 is 5.32 Å². The van der Waals surface area contributed by atoms with Gasteiger partial charge in [0.05, 0.1) is 26.0 Å². The molecular weight excluding hydrogens is 360 g/mol. The Kier molecular flexibility index (Phi) is 5.73. The fraction of sp³-hybridized carbons (Fsp3) is 0.429. The van der Waals surface area contributed by atoms with Crippen LogP contribution in [0.1, 0.15) is 24.2 Å². The number of hydrogen-bond donors (Lipinski definition) is 1. The topological polar surface area (TPSA) is 81.0 Å². The van der Waals surface area contributed by atoms with Gasteiger partial charge in [-0.15, -0.1) is 0 Å². The molecule has 1 N–H and O–H groups in total. The highest BCUT2D eigenvalue weighted by Gasteiger charge is 2.38. The van der Waals surface area contributed by atoms with Crippen LogP contribution in [0.4, 0.5) is 10.5 Å². The van der Waals surface area contributed by atoms with Gasteiger partial charge in [-0.2, -0.15) is 0 Å². The Morgan fingerprint density at radius 3 is 2.86 bits per heavy atom. The third kappa shape index (κ3) is 4.79. The third-order valence-corrected chi connectivity index (χ3v) is 4.92. The van der Waals surface area contributed by atoms with E-state index >= 15 is 0 Å². The lowest BCUT2D eigenvalue weighted by atomic mass is 10.1. The zero-order valence-corrected chi connectivity index (χ0v) is 15.6. The van der Waals surface area contributed by atoms with Crippen molar-refractivity contribution in [2.24, 2.45) is 5.92 Å². The number of carbonyl (C=O) groups excluding carboxylic acids is 2. The normalized spacial score (nSPS) is 19.4. The zero-order chi connectivity index (χ0) is 19.3. The van der Waals surface area contributed by atoms with Gasteiger partial charge in [-0.1, -0.05) is 12.1 Å². The largest absolute Gasteiger partial charge is 0.467 e. The van der Waals surface area contributed by atoms with Gasteiger partial charge in [0.15, 0.2) is 5.78 Å². The number of nitrogens with one attached hydrogen (secondary N) is 1. The molecular formula is C21H24N2O5. The summed E-state index contributed by atoms with van der Waals surface area (Å²) in [7, 11) is 0. The Bertz CT molecular complexity index is 816. The Balaban J connectivity index is 1.29. The van der Waals surface area contributed by atoms with Gasteiger partial charge in [0.1, 0.15) is 18.5 Å². The van der Waals surface area contributed by atoms with Crippen LogP contribution in [0.15, 0.2) is 47.1 Å². The minimum absolute atomic E-state index is 0.130. The SMILES string of the molecule is O=C(C1CC1)C1CN(C(=O)Nc2cccc(COCc3ccco3)c2)CCO1. The molecule has 1 aliphatic heterocycles. The van der Waals surface area contributed by atoms with Crippen LogP contribution >= 0.6 is 0 Å². The molecule has 2 amide bonds. The van der Waals surface area contributed by atoms with E-state index in [0.29, 0.717) is 38.6 Å². The van der Waals surface area contributed by atoms with Gasteiger partial charge < -0.3 is 24.1 Å². The first-order chi connectivity index (χ1) is 13.7. The first-order valence-corrected chi connectivity index (χ1v) is 9.59. The highest BCUT2D eigenvalue weighted by molar-refractivity contribution is 5.91. The summed E-state index contributed by atoms with van der Waals surface area (Å²) in [6.45, 7) is 1.99. The van der Waals surface area contributed by atoms with Crippen LogP contribution in [0.5, 0.6) is 0 Å². The van der Waals surface area contributed by atoms with Crippen molar-refractivity contribution in [3.8, 4) is 0 Å². The molecule has 1 aliphatic carbocycles. The Labute approximate surface area is 163 Å². The first kappa shape index (κ1) is 18.7. The number of hydrogen-bond acceptors (Lipinski definition) is 5. The van der Waals surface area contributed by atoms with Crippen LogP contribution in [-0.2, 0) is 27.5 Å². The number of urea groups is 1. The van der Waals surface area contributed by atoms with Crippen molar-refractivity contribution >= 4 is 17.5 Å². The van der Waals surface area contributed by atoms with Crippen LogP contribution in [0.2, 0.25) is 0 Å². The predicted octanol–water partition coefficient (Wildman–Crippen LogP) is 3.21. The van der Waals surface area contributed by atoms with Crippen molar-refractivity contribution in [1.29, 1.82) is 0 Å². The molecule has 2 aromatic rings. The number of ketones is 1. The van der Waals surface area contributed by atoms with E-state index in [0.717, 1.165) is 24.2 Å².